The van der Waals surface area contributed by atoms with E-state index in [1.54, 1.807) is 0 Å². The first-order valence-corrected chi connectivity index (χ1v) is 7.03. The van der Waals surface area contributed by atoms with Gasteiger partial charge in [0.05, 0.1) is 10.6 Å². The smallest absolute Gasteiger partial charge is 0.331 e. The number of carbonyl (C=O) groups is 2. The number of hydrogen-bond acceptors (Lipinski definition) is 2. The van der Waals surface area contributed by atoms with Crippen LogP contribution in [0.1, 0.15) is 25.3 Å². The van der Waals surface area contributed by atoms with Gasteiger partial charge in [0.15, 0.2) is 0 Å². The standard InChI is InChI=1S/C14H14ClF3N2O2/c1-8(21)20-6-2-3-12(20)13(22)19-9-4-5-11(15)10(7-9)14(16,17)18/h4-5,7,12H,2-3,6H2,1H3,(H,19,22). The van der Waals surface area contributed by atoms with Gasteiger partial charge in [0.25, 0.3) is 0 Å². The van der Waals surface area contributed by atoms with Gasteiger partial charge in [0, 0.05) is 19.2 Å². The molecule has 0 bridgehead atoms. The molecule has 0 saturated carbocycles. The van der Waals surface area contributed by atoms with E-state index in [1.165, 1.54) is 17.9 Å². The molecule has 1 aliphatic rings. The summed E-state index contributed by atoms with van der Waals surface area (Å²) >= 11 is 5.52. The van der Waals surface area contributed by atoms with Crippen LogP contribution in [0.15, 0.2) is 18.2 Å². The molecule has 1 saturated heterocycles. The molecule has 1 aromatic rings. The van der Waals surface area contributed by atoms with Crippen molar-refractivity contribution in [3.05, 3.63) is 28.8 Å². The van der Waals surface area contributed by atoms with Crippen molar-refractivity contribution in [1.29, 1.82) is 0 Å². The molecular weight excluding hydrogens is 321 g/mol. The first-order chi connectivity index (χ1) is 10.2. The Morgan fingerprint density at radius 2 is 2.05 bits per heavy atom. The molecule has 4 nitrogen and oxygen atoms in total. The van der Waals surface area contributed by atoms with E-state index in [9.17, 15) is 22.8 Å². The Kier molecular flexibility index (Phi) is 4.65. The number of rotatable bonds is 2. The number of alkyl halides is 3. The second-order valence-electron chi connectivity index (χ2n) is 5.05. The van der Waals surface area contributed by atoms with Crippen molar-refractivity contribution in [3.63, 3.8) is 0 Å². The summed E-state index contributed by atoms with van der Waals surface area (Å²) in [6.45, 7) is 1.83. The number of hydrogen-bond donors (Lipinski definition) is 1. The number of carbonyl (C=O) groups excluding carboxylic acids is 2. The summed E-state index contributed by atoms with van der Waals surface area (Å²) in [4.78, 5) is 25.0. The zero-order valence-electron chi connectivity index (χ0n) is 11.7. The van der Waals surface area contributed by atoms with E-state index in [0.717, 1.165) is 12.1 Å². The number of anilines is 1. The van der Waals surface area contributed by atoms with Crippen molar-refractivity contribution >= 4 is 29.1 Å². The molecule has 1 unspecified atom stereocenters. The minimum atomic E-state index is -4.60. The van der Waals surface area contributed by atoms with Gasteiger partial charge in [-0.05, 0) is 31.0 Å². The Balaban J connectivity index is 2.17. The lowest BCUT2D eigenvalue weighted by molar-refractivity contribution is -0.137. The first-order valence-electron chi connectivity index (χ1n) is 6.65. The normalized spacial score (nSPS) is 18.4. The van der Waals surface area contributed by atoms with Crippen LogP contribution in [0, 0.1) is 0 Å². The highest BCUT2D eigenvalue weighted by molar-refractivity contribution is 6.31. The maximum absolute atomic E-state index is 12.8. The molecule has 22 heavy (non-hydrogen) atoms. The van der Waals surface area contributed by atoms with Crippen LogP contribution in [0.5, 0.6) is 0 Å². The molecule has 1 atom stereocenters. The summed E-state index contributed by atoms with van der Waals surface area (Å²) in [6.07, 6.45) is -3.42. The third-order valence-corrected chi connectivity index (χ3v) is 3.83. The SMILES string of the molecule is CC(=O)N1CCCC1C(=O)Nc1ccc(Cl)c(C(F)(F)F)c1. The number of halogens is 4. The fourth-order valence-corrected chi connectivity index (χ4v) is 2.69. The average Bonchev–Trinajstić information content (AvgIpc) is 2.89. The minimum Gasteiger partial charge on any atom is -0.331 e. The molecule has 0 aromatic heterocycles. The van der Waals surface area contributed by atoms with Crippen molar-refractivity contribution in [3.8, 4) is 0 Å². The zero-order valence-corrected chi connectivity index (χ0v) is 12.5. The summed E-state index contributed by atoms with van der Waals surface area (Å²) in [7, 11) is 0. The van der Waals surface area contributed by atoms with Gasteiger partial charge in [-0.15, -0.1) is 0 Å². The highest BCUT2D eigenvalue weighted by Crippen LogP contribution is 2.36. The van der Waals surface area contributed by atoms with Crippen LogP contribution in [-0.2, 0) is 15.8 Å². The van der Waals surface area contributed by atoms with E-state index in [-0.39, 0.29) is 11.6 Å². The fraction of sp³-hybridized carbons (Fsp3) is 0.429. The van der Waals surface area contributed by atoms with Crippen LogP contribution >= 0.6 is 11.6 Å². The van der Waals surface area contributed by atoms with E-state index in [0.29, 0.717) is 19.4 Å². The number of likely N-dealkylation sites (tertiary alicyclic amines) is 1. The van der Waals surface area contributed by atoms with Crippen LogP contribution in [0.4, 0.5) is 18.9 Å². The van der Waals surface area contributed by atoms with Gasteiger partial charge >= 0.3 is 6.18 Å². The first kappa shape index (κ1) is 16.6. The summed E-state index contributed by atoms with van der Waals surface area (Å²) in [5, 5.41) is 1.98. The third kappa shape index (κ3) is 3.52. The summed E-state index contributed by atoms with van der Waals surface area (Å²) in [5.41, 5.74) is -1.01. The van der Waals surface area contributed by atoms with Gasteiger partial charge < -0.3 is 10.2 Å². The van der Waals surface area contributed by atoms with Crippen LogP contribution in [0.25, 0.3) is 0 Å². The van der Waals surface area contributed by atoms with E-state index >= 15 is 0 Å². The third-order valence-electron chi connectivity index (χ3n) is 3.50. The second-order valence-corrected chi connectivity index (χ2v) is 5.46. The van der Waals surface area contributed by atoms with Gasteiger partial charge in [-0.1, -0.05) is 11.6 Å². The number of nitrogens with zero attached hydrogens (tertiary/aromatic N) is 1. The molecule has 1 N–H and O–H groups in total. The molecule has 1 aromatic carbocycles. The quantitative estimate of drug-likeness (QED) is 0.902. The molecule has 8 heteroatoms. The van der Waals surface area contributed by atoms with E-state index in [2.05, 4.69) is 5.32 Å². The molecule has 2 rings (SSSR count). The molecule has 120 valence electrons. The molecule has 0 spiro atoms. The van der Waals surface area contributed by atoms with Crippen molar-refractivity contribution in [2.45, 2.75) is 32.0 Å². The molecule has 0 radical (unpaired) electrons. The Morgan fingerprint density at radius 3 is 2.64 bits per heavy atom. The monoisotopic (exact) mass is 334 g/mol. The lowest BCUT2D eigenvalue weighted by Crippen LogP contribution is -2.42. The van der Waals surface area contributed by atoms with Crippen molar-refractivity contribution < 1.29 is 22.8 Å². The lowest BCUT2D eigenvalue weighted by atomic mass is 10.1. The number of benzene rings is 1. The Labute approximate surface area is 130 Å². The Bertz CT molecular complexity index is 604. The molecule has 1 heterocycles. The predicted molar refractivity (Wildman–Crippen MR) is 75.5 cm³/mol. The van der Waals surface area contributed by atoms with Gasteiger partial charge in [-0.2, -0.15) is 13.2 Å². The van der Waals surface area contributed by atoms with Crippen molar-refractivity contribution in [2.75, 3.05) is 11.9 Å². The zero-order chi connectivity index (χ0) is 16.5. The Morgan fingerprint density at radius 1 is 1.36 bits per heavy atom. The highest BCUT2D eigenvalue weighted by Gasteiger charge is 2.35. The topological polar surface area (TPSA) is 49.4 Å². The van der Waals surface area contributed by atoms with Gasteiger partial charge in [0.1, 0.15) is 6.04 Å². The predicted octanol–water partition coefficient (Wildman–Crippen LogP) is 3.31. The molecule has 2 amide bonds. The van der Waals surface area contributed by atoms with E-state index < -0.39 is 28.7 Å². The van der Waals surface area contributed by atoms with E-state index in [4.69, 9.17) is 11.6 Å². The molecule has 1 aliphatic heterocycles. The summed E-state index contributed by atoms with van der Waals surface area (Å²) < 4.78 is 38.4. The van der Waals surface area contributed by atoms with Gasteiger partial charge in [0.2, 0.25) is 11.8 Å². The van der Waals surface area contributed by atoms with Crippen LogP contribution in [0.3, 0.4) is 0 Å². The van der Waals surface area contributed by atoms with Gasteiger partial charge in [-0.3, -0.25) is 9.59 Å². The molecule has 0 aliphatic carbocycles. The number of amides is 2. The summed E-state index contributed by atoms with van der Waals surface area (Å²) in [5.74, 6) is -0.729. The fourth-order valence-electron chi connectivity index (χ4n) is 2.46. The highest BCUT2D eigenvalue weighted by atomic mass is 35.5. The molecular formula is C14H14ClF3N2O2. The largest absolute Gasteiger partial charge is 0.417 e. The van der Waals surface area contributed by atoms with Crippen LogP contribution < -0.4 is 5.32 Å². The Hall–Kier alpha value is -1.76. The van der Waals surface area contributed by atoms with E-state index in [1.807, 2.05) is 0 Å². The lowest BCUT2D eigenvalue weighted by Gasteiger charge is -2.22. The van der Waals surface area contributed by atoms with Gasteiger partial charge in [-0.25, -0.2) is 0 Å². The maximum Gasteiger partial charge on any atom is 0.417 e. The maximum atomic E-state index is 12.8. The van der Waals surface area contributed by atoms with Crippen LogP contribution in [-0.4, -0.2) is 29.3 Å². The van der Waals surface area contributed by atoms with Crippen LogP contribution in [0.2, 0.25) is 5.02 Å². The number of nitrogens with one attached hydrogen (secondary N) is 1. The molecule has 1 fully saturated rings. The second kappa shape index (κ2) is 6.16. The van der Waals surface area contributed by atoms with Crippen molar-refractivity contribution in [1.82, 2.24) is 4.90 Å². The van der Waals surface area contributed by atoms with Crippen molar-refractivity contribution in [2.24, 2.45) is 0 Å². The average molecular weight is 335 g/mol. The minimum absolute atomic E-state index is 0.00266. The summed E-state index contributed by atoms with van der Waals surface area (Å²) in [6, 6.07) is 2.51.